The minimum absolute atomic E-state index is 0.194. The Bertz CT molecular complexity index is 1100. The van der Waals surface area contributed by atoms with Crippen molar-refractivity contribution in [3.05, 3.63) is 77.4 Å². The van der Waals surface area contributed by atoms with E-state index in [2.05, 4.69) is 5.32 Å². The van der Waals surface area contributed by atoms with E-state index < -0.39 is 12.1 Å². The van der Waals surface area contributed by atoms with Gasteiger partial charge in [-0.05, 0) is 40.6 Å². The van der Waals surface area contributed by atoms with Gasteiger partial charge in [0.1, 0.15) is 0 Å². The van der Waals surface area contributed by atoms with E-state index in [0.717, 1.165) is 27.6 Å². The molecule has 0 aromatic heterocycles. The average molecular weight is 402 g/mol. The summed E-state index contributed by atoms with van der Waals surface area (Å²) in [6, 6.07) is 19.0. The average Bonchev–Trinajstić information content (AvgIpc) is 3.03. The van der Waals surface area contributed by atoms with Crippen LogP contribution in [0.5, 0.6) is 0 Å². The summed E-state index contributed by atoms with van der Waals surface area (Å²) in [6.45, 7) is 3.62. The van der Waals surface area contributed by atoms with Gasteiger partial charge in [-0.1, -0.05) is 50.2 Å². The van der Waals surface area contributed by atoms with Crippen molar-refractivity contribution in [2.75, 3.05) is 19.0 Å². The van der Waals surface area contributed by atoms with Gasteiger partial charge in [0.15, 0.2) is 6.10 Å². The lowest BCUT2D eigenvalue weighted by Crippen LogP contribution is -2.32. The summed E-state index contributed by atoms with van der Waals surface area (Å²) in [7, 11) is 3.91. The van der Waals surface area contributed by atoms with Gasteiger partial charge in [-0.2, -0.15) is 0 Å². The molecule has 0 radical (unpaired) electrons. The van der Waals surface area contributed by atoms with E-state index in [-0.39, 0.29) is 17.8 Å². The molecule has 3 aromatic rings. The molecular formula is C25H26N2O3. The summed E-state index contributed by atoms with van der Waals surface area (Å²) in [4.78, 5) is 27.5. The quantitative estimate of drug-likeness (QED) is 0.632. The molecular weight excluding hydrogens is 376 g/mol. The van der Waals surface area contributed by atoms with Crippen LogP contribution in [-0.2, 0) is 9.53 Å². The molecule has 4 rings (SSSR count). The second-order valence-electron chi connectivity index (χ2n) is 8.20. The van der Waals surface area contributed by atoms with Gasteiger partial charge in [-0.15, -0.1) is 0 Å². The van der Waals surface area contributed by atoms with Crippen molar-refractivity contribution in [1.29, 1.82) is 0 Å². The molecule has 1 N–H and O–H groups in total. The molecule has 1 aliphatic rings. The first-order valence-electron chi connectivity index (χ1n) is 10.2. The highest BCUT2D eigenvalue weighted by Gasteiger charge is 2.38. The topological polar surface area (TPSA) is 58.6 Å². The summed E-state index contributed by atoms with van der Waals surface area (Å²) in [6.07, 6.45) is -0.550. The van der Waals surface area contributed by atoms with E-state index in [9.17, 15) is 9.59 Å². The van der Waals surface area contributed by atoms with Crippen LogP contribution in [0.4, 0.5) is 5.69 Å². The van der Waals surface area contributed by atoms with Crippen molar-refractivity contribution in [3.63, 3.8) is 0 Å². The zero-order chi connectivity index (χ0) is 21.4. The van der Waals surface area contributed by atoms with Gasteiger partial charge in [-0.25, -0.2) is 0 Å². The molecule has 3 aromatic carbocycles. The summed E-state index contributed by atoms with van der Waals surface area (Å²) >= 11 is 0. The van der Waals surface area contributed by atoms with Gasteiger partial charge in [0.25, 0.3) is 5.91 Å². The number of nitrogens with zero attached hydrogens (tertiary/aromatic N) is 1. The number of esters is 1. The number of amides is 1. The van der Waals surface area contributed by atoms with Crippen molar-refractivity contribution < 1.29 is 14.3 Å². The number of nitrogens with one attached hydrogen (secondary N) is 1. The summed E-state index contributed by atoms with van der Waals surface area (Å²) in [5.74, 6) is -0.719. The normalized spacial score (nSPS) is 17.2. The van der Waals surface area contributed by atoms with Crippen LogP contribution >= 0.6 is 0 Å². The first kappa shape index (κ1) is 20.0. The molecule has 154 valence electrons. The van der Waals surface area contributed by atoms with Gasteiger partial charge in [0.2, 0.25) is 0 Å². The lowest BCUT2D eigenvalue weighted by atomic mass is 10.0. The van der Waals surface area contributed by atoms with Crippen molar-refractivity contribution in [3.8, 4) is 0 Å². The molecule has 0 fully saturated rings. The second kappa shape index (κ2) is 7.82. The first-order chi connectivity index (χ1) is 14.4. The lowest BCUT2D eigenvalue weighted by Gasteiger charge is -2.24. The highest BCUT2D eigenvalue weighted by atomic mass is 16.5. The van der Waals surface area contributed by atoms with Crippen LogP contribution in [0.25, 0.3) is 10.8 Å². The Morgan fingerprint density at radius 2 is 1.57 bits per heavy atom. The number of benzene rings is 3. The molecule has 5 nitrogen and oxygen atoms in total. The number of carbonyl (C=O) groups excluding carboxylic acids is 2. The van der Waals surface area contributed by atoms with E-state index in [1.54, 1.807) is 0 Å². The zero-order valence-electron chi connectivity index (χ0n) is 17.7. The van der Waals surface area contributed by atoms with Crippen molar-refractivity contribution in [2.24, 2.45) is 5.92 Å². The third-order valence-electron chi connectivity index (χ3n) is 5.56. The SMILES string of the molecule is CC(C)C(=O)O[C@H]1c2cccc3cccc(c23)[C@H]1NC(=O)c1ccc(N(C)C)cc1. The van der Waals surface area contributed by atoms with Crippen LogP contribution in [0.1, 0.15) is 47.5 Å². The monoisotopic (exact) mass is 402 g/mol. The Balaban J connectivity index is 1.68. The van der Waals surface area contributed by atoms with Gasteiger partial charge >= 0.3 is 5.97 Å². The maximum absolute atomic E-state index is 13.1. The fourth-order valence-electron chi connectivity index (χ4n) is 3.92. The smallest absolute Gasteiger partial charge is 0.309 e. The van der Waals surface area contributed by atoms with E-state index in [0.29, 0.717) is 5.56 Å². The van der Waals surface area contributed by atoms with Gasteiger partial charge in [-0.3, -0.25) is 9.59 Å². The third-order valence-corrected chi connectivity index (χ3v) is 5.56. The van der Waals surface area contributed by atoms with Crippen molar-refractivity contribution in [1.82, 2.24) is 5.32 Å². The molecule has 1 aliphatic carbocycles. The number of carbonyl (C=O) groups is 2. The third kappa shape index (κ3) is 3.52. The number of ether oxygens (including phenoxy) is 1. The van der Waals surface area contributed by atoms with Gasteiger partial charge in [0, 0.05) is 30.9 Å². The predicted octanol–water partition coefficient (Wildman–Crippen LogP) is 4.63. The maximum atomic E-state index is 13.1. The molecule has 1 amide bonds. The largest absolute Gasteiger partial charge is 0.455 e. The Hall–Kier alpha value is -3.34. The molecule has 2 atom stereocenters. The van der Waals surface area contributed by atoms with Crippen molar-refractivity contribution >= 4 is 28.3 Å². The fourth-order valence-corrected chi connectivity index (χ4v) is 3.92. The maximum Gasteiger partial charge on any atom is 0.309 e. The molecule has 0 spiro atoms. The Morgan fingerprint density at radius 3 is 2.17 bits per heavy atom. The number of hydrogen-bond acceptors (Lipinski definition) is 4. The summed E-state index contributed by atoms with van der Waals surface area (Å²) < 4.78 is 5.89. The minimum atomic E-state index is -0.550. The fraction of sp³-hybridized carbons (Fsp3) is 0.280. The van der Waals surface area contributed by atoms with E-state index in [1.807, 2.05) is 93.5 Å². The highest BCUT2D eigenvalue weighted by Crippen LogP contribution is 2.46. The molecule has 0 heterocycles. The van der Waals surface area contributed by atoms with Crippen LogP contribution < -0.4 is 10.2 Å². The zero-order valence-corrected chi connectivity index (χ0v) is 17.7. The van der Waals surface area contributed by atoms with Crippen molar-refractivity contribution in [2.45, 2.75) is 26.0 Å². The van der Waals surface area contributed by atoms with Crippen LogP contribution in [0.2, 0.25) is 0 Å². The van der Waals surface area contributed by atoms with E-state index >= 15 is 0 Å². The number of anilines is 1. The van der Waals surface area contributed by atoms with Crippen LogP contribution in [0.15, 0.2) is 60.7 Å². The van der Waals surface area contributed by atoms with E-state index in [4.69, 9.17) is 4.74 Å². The molecule has 0 saturated heterocycles. The Labute approximate surface area is 176 Å². The van der Waals surface area contributed by atoms with Crippen LogP contribution in [-0.4, -0.2) is 26.0 Å². The minimum Gasteiger partial charge on any atom is -0.455 e. The van der Waals surface area contributed by atoms with Gasteiger partial charge in [0.05, 0.1) is 12.0 Å². The van der Waals surface area contributed by atoms with E-state index in [1.165, 1.54) is 0 Å². The highest BCUT2D eigenvalue weighted by molar-refractivity contribution is 5.97. The Morgan fingerprint density at radius 1 is 0.933 bits per heavy atom. The Kier molecular flexibility index (Phi) is 5.20. The first-order valence-corrected chi connectivity index (χ1v) is 10.2. The molecule has 0 saturated carbocycles. The molecule has 30 heavy (non-hydrogen) atoms. The number of hydrogen-bond donors (Lipinski definition) is 1. The second-order valence-corrected chi connectivity index (χ2v) is 8.20. The lowest BCUT2D eigenvalue weighted by molar-refractivity contribution is -0.154. The van der Waals surface area contributed by atoms with Gasteiger partial charge < -0.3 is 15.0 Å². The molecule has 0 bridgehead atoms. The molecule has 0 unspecified atom stereocenters. The predicted molar refractivity (Wildman–Crippen MR) is 119 cm³/mol. The number of rotatable bonds is 5. The molecule has 5 heteroatoms. The molecule has 0 aliphatic heterocycles. The standard InChI is InChI=1S/C25H26N2O3/c1-15(2)25(29)30-23-20-10-6-8-16-7-5-9-19(21(16)20)22(23)26-24(28)17-11-13-18(14-12-17)27(3)4/h5-15,22-23H,1-4H3,(H,26,28)/t22-,23+/m1/s1. The van der Waals surface area contributed by atoms with Crippen LogP contribution in [0, 0.1) is 5.92 Å². The summed E-state index contributed by atoms with van der Waals surface area (Å²) in [5, 5.41) is 5.24. The van der Waals surface area contributed by atoms with Crippen LogP contribution in [0.3, 0.4) is 0 Å². The summed E-state index contributed by atoms with van der Waals surface area (Å²) in [5.41, 5.74) is 3.50.